The number of hydrogen-bond donors (Lipinski definition) is 0. The van der Waals surface area contributed by atoms with Gasteiger partial charge in [0.25, 0.3) is 0 Å². The first-order chi connectivity index (χ1) is 11.6. The molecule has 1 unspecified atom stereocenters. The molecule has 0 amide bonds. The molecule has 0 N–H and O–H groups in total. The van der Waals surface area contributed by atoms with Crippen molar-refractivity contribution < 1.29 is 4.39 Å². The molecule has 3 heteroatoms. The molecule has 0 radical (unpaired) electrons. The molecule has 4 rings (SSSR count). The largest absolute Gasteiger partial charge is 0.344 e. The molecular formula is C21H23FN2. The Morgan fingerprint density at radius 2 is 1.92 bits per heavy atom. The molecule has 0 fully saturated rings. The Hall–Kier alpha value is -2.13. The van der Waals surface area contributed by atoms with Gasteiger partial charge in [0, 0.05) is 42.1 Å². The van der Waals surface area contributed by atoms with Gasteiger partial charge in [-0.15, -0.1) is 0 Å². The minimum Gasteiger partial charge on any atom is -0.344 e. The minimum absolute atomic E-state index is 0.146. The van der Waals surface area contributed by atoms with Crippen LogP contribution in [0.25, 0.3) is 10.9 Å². The van der Waals surface area contributed by atoms with Gasteiger partial charge in [0.1, 0.15) is 5.82 Å². The summed E-state index contributed by atoms with van der Waals surface area (Å²) in [4.78, 5) is 2.36. The van der Waals surface area contributed by atoms with Gasteiger partial charge < -0.3 is 4.57 Å². The maximum absolute atomic E-state index is 13.8. The molecule has 0 saturated carbocycles. The van der Waals surface area contributed by atoms with E-state index in [9.17, 15) is 4.39 Å². The SMILES string of the molecule is CC1Cc2c(c3cc(F)ccc3n2CCc2ccccc2)CN1C. The van der Waals surface area contributed by atoms with Crippen LogP contribution in [0.2, 0.25) is 0 Å². The molecule has 0 saturated heterocycles. The van der Waals surface area contributed by atoms with Gasteiger partial charge >= 0.3 is 0 Å². The maximum atomic E-state index is 13.8. The number of likely N-dealkylation sites (N-methyl/N-ethyl adjacent to an activating group) is 1. The van der Waals surface area contributed by atoms with Crippen LogP contribution >= 0.6 is 0 Å². The number of aromatic nitrogens is 1. The van der Waals surface area contributed by atoms with Crippen molar-refractivity contribution in [2.24, 2.45) is 0 Å². The van der Waals surface area contributed by atoms with E-state index in [1.807, 2.05) is 6.07 Å². The number of benzene rings is 2. The number of aryl methyl sites for hydroxylation is 2. The normalized spacial score (nSPS) is 18.0. The van der Waals surface area contributed by atoms with E-state index in [0.29, 0.717) is 6.04 Å². The molecule has 1 aromatic heterocycles. The van der Waals surface area contributed by atoms with Crippen LogP contribution in [0.15, 0.2) is 48.5 Å². The van der Waals surface area contributed by atoms with Gasteiger partial charge in [-0.05, 0) is 49.7 Å². The molecule has 2 heterocycles. The van der Waals surface area contributed by atoms with Gasteiger partial charge in [0.05, 0.1) is 0 Å². The predicted octanol–water partition coefficient (Wildman–Crippen LogP) is 4.40. The van der Waals surface area contributed by atoms with E-state index >= 15 is 0 Å². The Balaban J connectivity index is 1.78. The van der Waals surface area contributed by atoms with Gasteiger partial charge in [-0.25, -0.2) is 4.39 Å². The molecule has 1 aliphatic rings. The van der Waals surface area contributed by atoms with Crippen LogP contribution in [0.1, 0.15) is 23.7 Å². The summed E-state index contributed by atoms with van der Waals surface area (Å²) in [5, 5.41) is 1.08. The third kappa shape index (κ3) is 2.63. The van der Waals surface area contributed by atoms with Gasteiger partial charge in [-0.2, -0.15) is 0 Å². The first kappa shape index (κ1) is 15.4. The molecule has 0 bridgehead atoms. The molecule has 3 aromatic rings. The third-order valence-corrected chi connectivity index (χ3v) is 5.36. The monoisotopic (exact) mass is 322 g/mol. The maximum Gasteiger partial charge on any atom is 0.123 e. The number of fused-ring (bicyclic) bond motifs is 3. The zero-order chi connectivity index (χ0) is 16.7. The summed E-state index contributed by atoms with van der Waals surface area (Å²) >= 11 is 0. The van der Waals surface area contributed by atoms with Crippen LogP contribution in [0.5, 0.6) is 0 Å². The van der Waals surface area contributed by atoms with E-state index in [1.165, 1.54) is 22.3 Å². The summed E-state index contributed by atoms with van der Waals surface area (Å²) in [6, 6.07) is 16.3. The number of rotatable bonds is 3. The summed E-state index contributed by atoms with van der Waals surface area (Å²) in [5.41, 5.74) is 5.20. The lowest BCUT2D eigenvalue weighted by Crippen LogP contribution is -2.35. The highest BCUT2D eigenvalue weighted by Crippen LogP contribution is 2.33. The Morgan fingerprint density at radius 3 is 2.71 bits per heavy atom. The fourth-order valence-electron chi connectivity index (χ4n) is 3.84. The lowest BCUT2D eigenvalue weighted by atomic mass is 10.00. The van der Waals surface area contributed by atoms with Gasteiger partial charge in [-0.3, -0.25) is 4.90 Å². The van der Waals surface area contributed by atoms with E-state index in [0.717, 1.165) is 31.3 Å². The summed E-state index contributed by atoms with van der Waals surface area (Å²) in [5.74, 6) is -0.146. The van der Waals surface area contributed by atoms with Crippen molar-refractivity contribution in [1.29, 1.82) is 0 Å². The number of nitrogens with zero attached hydrogens (tertiary/aromatic N) is 2. The first-order valence-electron chi connectivity index (χ1n) is 8.67. The van der Waals surface area contributed by atoms with Crippen molar-refractivity contribution in [2.45, 2.75) is 38.9 Å². The topological polar surface area (TPSA) is 8.17 Å². The van der Waals surface area contributed by atoms with Crippen molar-refractivity contribution in [3.8, 4) is 0 Å². The molecule has 1 aliphatic heterocycles. The lowest BCUT2D eigenvalue weighted by Gasteiger charge is -2.31. The Morgan fingerprint density at radius 1 is 1.12 bits per heavy atom. The second-order valence-corrected chi connectivity index (χ2v) is 6.94. The minimum atomic E-state index is -0.146. The molecule has 1 atom stereocenters. The van der Waals surface area contributed by atoms with Crippen LogP contribution in [0.4, 0.5) is 4.39 Å². The van der Waals surface area contributed by atoms with Crippen LogP contribution in [-0.4, -0.2) is 22.6 Å². The summed E-state index contributed by atoms with van der Waals surface area (Å²) in [6.07, 6.45) is 2.02. The van der Waals surface area contributed by atoms with E-state index in [1.54, 1.807) is 12.1 Å². The van der Waals surface area contributed by atoms with E-state index in [2.05, 4.69) is 53.8 Å². The quantitative estimate of drug-likeness (QED) is 0.694. The Bertz CT molecular complexity index is 866. The average molecular weight is 322 g/mol. The van der Waals surface area contributed by atoms with Crippen molar-refractivity contribution >= 4 is 10.9 Å². The standard InChI is InChI=1S/C21H23FN2/c1-15-12-21-19(14-23(15)2)18-13-17(22)8-9-20(18)24(21)11-10-16-6-4-3-5-7-16/h3-9,13,15H,10-12,14H2,1-2H3. The van der Waals surface area contributed by atoms with Gasteiger partial charge in [-0.1, -0.05) is 30.3 Å². The van der Waals surface area contributed by atoms with Crippen LogP contribution < -0.4 is 0 Å². The van der Waals surface area contributed by atoms with E-state index < -0.39 is 0 Å². The van der Waals surface area contributed by atoms with Crippen molar-refractivity contribution in [1.82, 2.24) is 9.47 Å². The van der Waals surface area contributed by atoms with E-state index in [-0.39, 0.29) is 5.82 Å². The van der Waals surface area contributed by atoms with Crippen LogP contribution in [0, 0.1) is 5.82 Å². The van der Waals surface area contributed by atoms with Crippen LogP contribution in [-0.2, 0) is 25.9 Å². The summed E-state index contributed by atoms with van der Waals surface area (Å²) < 4.78 is 16.2. The fourth-order valence-corrected chi connectivity index (χ4v) is 3.84. The summed E-state index contributed by atoms with van der Waals surface area (Å²) in [6.45, 7) is 4.11. The summed E-state index contributed by atoms with van der Waals surface area (Å²) in [7, 11) is 2.15. The second kappa shape index (κ2) is 6.06. The Kier molecular flexibility index (Phi) is 3.89. The number of hydrogen-bond acceptors (Lipinski definition) is 1. The highest BCUT2D eigenvalue weighted by Gasteiger charge is 2.26. The molecule has 124 valence electrons. The lowest BCUT2D eigenvalue weighted by molar-refractivity contribution is 0.228. The zero-order valence-electron chi connectivity index (χ0n) is 14.3. The van der Waals surface area contributed by atoms with Gasteiger partial charge in [0.15, 0.2) is 0 Å². The predicted molar refractivity (Wildman–Crippen MR) is 96.7 cm³/mol. The smallest absolute Gasteiger partial charge is 0.123 e. The molecular weight excluding hydrogens is 299 g/mol. The zero-order valence-corrected chi connectivity index (χ0v) is 14.3. The molecule has 0 spiro atoms. The number of halogens is 1. The Labute approximate surface area is 142 Å². The highest BCUT2D eigenvalue weighted by molar-refractivity contribution is 5.86. The van der Waals surface area contributed by atoms with Crippen LogP contribution in [0.3, 0.4) is 0 Å². The molecule has 0 aliphatic carbocycles. The van der Waals surface area contributed by atoms with Gasteiger partial charge in [0.2, 0.25) is 0 Å². The molecule has 2 nitrogen and oxygen atoms in total. The third-order valence-electron chi connectivity index (χ3n) is 5.36. The fraction of sp³-hybridized carbons (Fsp3) is 0.333. The highest BCUT2D eigenvalue weighted by atomic mass is 19.1. The van der Waals surface area contributed by atoms with Crippen molar-refractivity contribution in [3.05, 3.63) is 71.2 Å². The average Bonchev–Trinajstić information content (AvgIpc) is 2.87. The van der Waals surface area contributed by atoms with Crippen molar-refractivity contribution in [2.75, 3.05) is 7.05 Å². The second-order valence-electron chi connectivity index (χ2n) is 6.94. The van der Waals surface area contributed by atoms with E-state index in [4.69, 9.17) is 0 Å². The molecule has 24 heavy (non-hydrogen) atoms. The first-order valence-corrected chi connectivity index (χ1v) is 8.67. The van der Waals surface area contributed by atoms with Crippen molar-refractivity contribution in [3.63, 3.8) is 0 Å². The molecule has 2 aromatic carbocycles.